The van der Waals surface area contributed by atoms with Gasteiger partial charge in [-0.15, -0.1) is 0 Å². The molecule has 0 fully saturated rings. The summed E-state index contributed by atoms with van der Waals surface area (Å²) in [5.74, 6) is 0. The zero-order chi connectivity index (χ0) is 22.4. The van der Waals surface area contributed by atoms with Gasteiger partial charge in [-0.3, -0.25) is 0 Å². The third-order valence-corrected chi connectivity index (χ3v) is 8.29. The van der Waals surface area contributed by atoms with E-state index in [2.05, 4.69) is 50.9 Å². The smallest absolute Gasteiger partial charge is 0.187 e. The van der Waals surface area contributed by atoms with Gasteiger partial charge >= 0.3 is 0 Å². The molecule has 1 heterocycles. The number of nitrogens with zero attached hydrogens (tertiary/aromatic N) is 3. The fourth-order valence-corrected chi connectivity index (χ4v) is 6.66. The van der Waals surface area contributed by atoms with Crippen molar-refractivity contribution in [2.24, 2.45) is 5.41 Å². The van der Waals surface area contributed by atoms with Gasteiger partial charge in [0.05, 0.1) is 18.8 Å². The normalized spacial score (nSPS) is 14.7. The van der Waals surface area contributed by atoms with Gasteiger partial charge in [0.1, 0.15) is 12.7 Å². The molecule has 2 unspecified atom stereocenters. The number of rotatable bonds is 11. The van der Waals surface area contributed by atoms with Crippen LogP contribution in [0.1, 0.15) is 52.1 Å². The molecule has 0 saturated carbocycles. The van der Waals surface area contributed by atoms with Crippen LogP contribution in [0.3, 0.4) is 0 Å². The topological polar surface area (TPSA) is 49.2 Å². The zero-order valence-corrected chi connectivity index (χ0v) is 21.5. The lowest BCUT2D eigenvalue weighted by atomic mass is 9.83. The highest BCUT2D eigenvalue weighted by Gasteiger charge is 2.39. The Hall–Kier alpha value is -0.923. The third-order valence-electron chi connectivity index (χ3n) is 5.11. The number of ether oxygens (including phenoxy) is 1. The molecule has 0 aliphatic carbocycles. The zero-order valence-electron chi connectivity index (χ0n) is 19.0. The van der Waals surface area contributed by atoms with Gasteiger partial charge in [-0.05, 0) is 48.7 Å². The highest BCUT2D eigenvalue weighted by atomic mass is 35.5. The van der Waals surface area contributed by atoms with Crippen LogP contribution in [-0.2, 0) is 15.8 Å². The summed E-state index contributed by atoms with van der Waals surface area (Å²) in [4.78, 5) is 4.17. The molecular weight excluding hydrogens is 437 g/mol. The summed E-state index contributed by atoms with van der Waals surface area (Å²) in [6.07, 6.45) is 5.27. The molecule has 2 aromatic rings. The SMILES string of the molecule is CCC[Si](C)(C)OC(C(CCOCc1ccc(Cl)cc1Cl)n1cncn1)C(C)(C)C. The molecule has 0 spiro atoms. The predicted molar refractivity (Wildman–Crippen MR) is 127 cm³/mol. The van der Waals surface area contributed by atoms with Crippen LogP contribution >= 0.6 is 23.2 Å². The number of aromatic nitrogens is 3. The van der Waals surface area contributed by atoms with Crippen molar-refractivity contribution < 1.29 is 9.16 Å². The van der Waals surface area contributed by atoms with Gasteiger partial charge in [-0.2, -0.15) is 5.10 Å². The average Bonchev–Trinajstić information content (AvgIpc) is 3.15. The van der Waals surface area contributed by atoms with Crippen molar-refractivity contribution in [2.75, 3.05) is 6.61 Å². The van der Waals surface area contributed by atoms with Crippen LogP contribution in [0.4, 0.5) is 0 Å². The first-order chi connectivity index (χ1) is 14.0. The molecule has 5 nitrogen and oxygen atoms in total. The lowest BCUT2D eigenvalue weighted by Gasteiger charge is -2.41. The molecule has 0 bridgehead atoms. The maximum absolute atomic E-state index is 6.84. The Kier molecular flexibility index (Phi) is 9.37. The summed E-state index contributed by atoms with van der Waals surface area (Å²) >= 11 is 12.2. The molecule has 0 aliphatic heterocycles. The lowest BCUT2D eigenvalue weighted by Crippen LogP contribution is -2.46. The molecular formula is C22H35Cl2N3O2Si. The van der Waals surface area contributed by atoms with Crippen LogP contribution in [0, 0.1) is 5.41 Å². The van der Waals surface area contributed by atoms with Crippen molar-refractivity contribution in [3.8, 4) is 0 Å². The predicted octanol–water partition coefficient (Wildman–Crippen LogP) is 6.78. The second-order valence-electron chi connectivity index (χ2n) is 9.43. The van der Waals surface area contributed by atoms with E-state index in [0.717, 1.165) is 24.4 Å². The second kappa shape index (κ2) is 11.1. The molecule has 168 valence electrons. The summed E-state index contributed by atoms with van der Waals surface area (Å²) in [5.41, 5.74) is 0.882. The van der Waals surface area contributed by atoms with E-state index >= 15 is 0 Å². The minimum absolute atomic E-state index is 0.00939. The van der Waals surface area contributed by atoms with Gasteiger partial charge in [-0.25, -0.2) is 9.67 Å². The molecule has 0 N–H and O–H groups in total. The Morgan fingerprint density at radius 1 is 1.20 bits per heavy atom. The fraction of sp³-hybridized carbons (Fsp3) is 0.636. The molecule has 2 atom stereocenters. The second-order valence-corrected chi connectivity index (χ2v) is 14.5. The fourth-order valence-electron chi connectivity index (χ4n) is 3.67. The van der Waals surface area contributed by atoms with Crippen molar-refractivity contribution in [1.82, 2.24) is 14.8 Å². The van der Waals surface area contributed by atoms with Gasteiger partial charge in [-0.1, -0.05) is 63.4 Å². The average molecular weight is 473 g/mol. The molecule has 0 radical (unpaired) electrons. The van der Waals surface area contributed by atoms with E-state index in [-0.39, 0.29) is 17.6 Å². The van der Waals surface area contributed by atoms with Crippen LogP contribution in [0.25, 0.3) is 0 Å². The number of hydrogen-bond donors (Lipinski definition) is 0. The summed E-state index contributed by atoms with van der Waals surface area (Å²) in [6.45, 7) is 14.5. The molecule has 0 aliphatic rings. The van der Waals surface area contributed by atoms with E-state index in [9.17, 15) is 0 Å². The molecule has 8 heteroatoms. The minimum atomic E-state index is -1.80. The third kappa shape index (κ3) is 7.64. The van der Waals surface area contributed by atoms with Crippen LogP contribution in [0.5, 0.6) is 0 Å². The van der Waals surface area contributed by atoms with Gasteiger partial charge in [0, 0.05) is 16.7 Å². The van der Waals surface area contributed by atoms with Crippen LogP contribution in [0.15, 0.2) is 30.9 Å². The van der Waals surface area contributed by atoms with E-state index in [1.54, 1.807) is 18.7 Å². The van der Waals surface area contributed by atoms with Crippen LogP contribution < -0.4 is 0 Å². The van der Waals surface area contributed by atoms with Crippen molar-refractivity contribution in [3.63, 3.8) is 0 Å². The van der Waals surface area contributed by atoms with Crippen LogP contribution in [0.2, 0.25) is 29.2 Å². The molecule has 1 aromatic heterocycles. The maximum Gasteiger partial charge on any atom is 0.187 e. The molecule has 30 heavy (non-hydrogen) atoms. The molecule has 2 rings (SSSR count). The number of benzene rings is 1. The monoisotopic (exact) mass is 471 g/mol. The van der Waals surface area contributed by atoms with Gasteiger partial charge in [0.25, 0.3) is 0 Å². The van der Waals surface area contributed by atoms with Crippen molar-refractivity contribution in [3.05, 3.63) is 46.5 Å². The standard InChI is InChI=1S/C22H35Cl2N3O2Si/c1-7-12-30(5,6)29-21(22(2,3)4)20(27-16-25-15-26-27)10-11-28-14-17-8-9-18(23)13-19(17)24/h8-9,13,15-16,20-21H,7,10-12,14H2,1-6H3. The molecule has 1 aromatic carbocycles. The number of halogens is 2. The Bertz CT molecular complexity index is 779. The Balaban J connectivity index is 2.11. The highest BCUT2D eigenvalue weighted by molar-refractivity contribution is 6.71. The summed E-state index contributed by atoms with van der Waals surface area (Å²) in [5, 5.41) is 5.69. The largest absolute Gasteiger partial charge is 0.412 e. The van der Waals surface area contributed by atoms with Crippen molar-refractivity contribution in [1.29, 1.82) is 0 Å². The quantitative estimate of drug-likeness (QED) is 0.267. The Labute approximate surface area is 192 Å². The first kappa shape index (κ1) is 25.3. The van der Waals surface area contributed by atoms with E-state index in [1.807, 2.05) is 16.8 Å². The van der Waals surface area contributed by atoms with Crippen LogP contribution in [-0.4, -0.2) is 35.8 Å². The van der Waals surface area contributed by atoms with Gasteiger partial charge in [0.15, 0.2) is 8.32 Å². The van der Waals surface area contributed by atoms with Gasteiger partial charge < -0.3 is 9.16 Å². The summed E-state index contributed by atoms with van der Waals surface area (Å²) in [7, 11) is -1.80. The molecule has 0 saturated heterocycles. The number of hydrogen-bond acceptors (Lipinski definition) is 4. The van der Waals surface area contributed by atoms with E-state index in [1.165, 1.54) is 0 Å². The lowest BCUT2D eigenvalue weighted by molar-refractivity contribution is 0.00787. The van der Waals surface area contributed by atoms with E-state index in [4.69, 9.17) is 32.4 Å². The summed E-state index contributed by atoms with van der Waals surface area (Å²) < 4.78 is 14.7. The molecule has 0 amide bonds. The van der Waals surface area contributed by atoms with E-state index < -0.39 is 8.32 Å². The van der Waals surface area contributed by atoms with E-state index in [0.29, 0.717) is 23.3 Å². The minimum Gasteiger partial charge on any atom is -0.412 e. The van der Waals surface area contributed by atoms with Crippen molar-refractivity contribution in [2.45, 2.75) is 78.4 Å². The first-order valence-electron chi connectivity index (χ1n) is 10.6. The first-order valence-corrected chi connectivity index (χ1v) is 14.4. The Morgan fingerprint density at radius 3 is 2.50 bits per heavy atom. The highest BCUT2D eigenvalue weighted by Crippen LogP contribution is 2.36. The van der Waals surface area contributed by atoms with Gasteiger partial charge in [0.2, 0.25) is 0 Å². The van der Waals surface area contributed by atoms with Crippen molar-refractivity contribution >= 4 is 31.5 Å². The summed E-state index contributed by atoms with van der Waals surface area (Å²) in [6, 6.07) is 6.64. The maximum atomic E-state index is 6.84. The Morgan fingerprint density at radius 2 is 1.93 bits per heavy atom.